The Morgan fingerprint density at radius 1 is 1.50 bits per heavy atom. The van der Waals surface area contributed by atoms with Crippen molar-refractivity contribution in [3.05, 3.63) is 24.0 Å². The van der Waals surface area contributed by atoms with E-state index < -0.39 is 0 Å². The van der Waals surface area contributed by atoms with Crippen LogP contribution in [0.1, 0.15) is 12.5 Å². The zero-order chi connectivity index (χ0) is 11.5. The van der Waals surface area contributed by atoms with Crippen LogP contribution in [0.2, 0.25) is 0 Å². The minimum Gasteiger partial charge on any atom is -0.325 e. The molecule has 18 heavy (non-hydrogen) atoms. The first-order chi connectivity index (χ1) is 7.68. The summed E-state index contributed by atoms with van der Waals surface area (Å²) in [6.45, 7) is 5.82. The van der Waals surface area contributed by atoms with E-state index in [0.29, 0.717) is 5.92 Å². The molecule has 0 aromatic carbocycles. The largest absolute Gasteiger partial charge is 0.325 e. The molecular weight excluding hydrogens is 273 g/mol. The van der Waals surface area contributed by atoms with Gasteiger partial charge in [0.15, 0.2) is 0 Å². The Kier molecular flexibility index (Phi) is 7.21. The Morgan fingerprint density at radius 3 is 2.67 bits per heavy atom. The van der Waals surface area contributed by atoms with Crippen LogP contribution in [-0.2, 0) is 4.79 Å². The maximum absolute atomic E-state index is 11.9. The topological polar surface area (TPSA) is 54.0 Å². The fourth-order valence-electron chi connectivity index (χ4n) is 1.74. The van der Waals surface area contributed by atoms with Gasteiger partial charge in [0.2, 0.25) is 5.91 Å². The first-order valence-electron chi connectivity index (χ1n) is 5.60. The monoisotopic (exact) mass is 291 g/mol. The molecule has 1 amide bonds. The average Bonchev–Trinajstić information content (AvgIpc) is 2.18. The fourth-order valence-corrected chi connectivity index (χ4v) is 1.74. The molecule has 2 N–H and O–H groups in total. The van der Waals surface area contributed by atoms with Crippen LogP contribution in [0.4, 0.5) is 5.69 Å². The minimum absolute atomic E-state index is 0. The van der Waals surface area contributed by atoms with E-state index in [9.17, 15) is 4.79 Å². The molecular formula is C12H19Cl2N3O. The number of halogens is 2. The zero-order valence-electron chi connectivity index (χ0n) is 10.5. The van der Waals surface area contributed by atoms with Crippen LogP contribution >= 0.6 is 24.8 Å². The van der Waals surface area contributed by atoms with E-state index in [0.717, 1.165) is 24.3 Å². The molecule has 4 nitrogen and oxygen atoms in total. The van der Waals surface area contributed by atoms with Crippen molar-refractivity contribution in [2.24, 2.45) is 11.8 Å². The summed E-state index contributed by atoms with van der Waals surface area (Å²) in [5.41, 5.74) is 1.86. The zero-order valence-corrected chi connectivity index (χ0v) is 12.1. The number of anilines is 1. The summed E-state index contributed by atoms with van der Waals surface area (Å²) in [5, 5.41) is 6.13. The Labute approximate surface area is 120 Å². The highest BCUT2D eigenvalue weighted by Gasteiger charge is 2.28. The first kappa shape index (κ1) is 17.2. The number of carbonyl (C=O) groups excluding carboxylic acids is 1. The minimum atomic E-state index is 0. The van der Waals surface area contributed by atoms with Gasteiger partial charge in [0.1, 0.15) is 0 Å². The second-order valence-electron chi connectivity index (χ2n) is 4.39. The summed E-state index contributed by atoms with van der Waals surface area (Å²) >= 11 is 0. The fraction of sp³-hybridized carbons (Fsp3) is 0.500. The van der Waals surface area contributed by atoms with Crippen LogP contribution in [-0.4, -0.2) is 24.0 Å². The van der Waals surface area contributed by atoms with Crippen molar-refractivity contribution in [1.82, 2.24) is 10.3 Å². The van der Waals surface area contributed by atoms with Crippen LogP contribution in [0.5, 0.6) is 0 Å². The lowest BCUT2D eigenvalue weighted by atomic mass is 9.88. The van der Waals surface area contributed by atoms with Gasteiger partial charge in [0.25, 0.3) is 0 Å². The lowest BCUT2D eigenvalue weighted by Crippen LogP contribution is -2.48. The number of nitrogens with zero attached hydrogens (tertiary/aromatic N) is 1. The number of hydrogen-bond acceptors (Lipinski definition) is 3. The summed E-state index contributed by atoms with van der Waals surface area (Å²) in [7, 11) is 0. The predicted molar refractivity (Wildman–Crippen MR) is 77.6 cm³/mol. The highest BCUT2D eigenvalue weighted by Crippen LogP contribution is 2.19. The number of carbonyl (C=O) groups is 1. The van der Waals surface area contributed by atoms with Crippen molar-refractivity contribution in [3.63, 3.8) is 0 Å². The molecule has 1 aliphatic heterocycles. The van der Waals surface area contributed by atoms with Gasteiger partial charge in [-0.05, 0) is 37.6 Å². The Bertz CT molecular complexity index is 397. The molecule has 0 saturated carbocycles. The molecule has 1 aromatic heterocycles. The highest BCUT2D eigenvalue weighted by atomic mass is 35.5. The SMILES string of the molecule is Cc1cnccc1NC(=O)C(C)C1CNC1.Cl.Cl. The summed E-state index contributed by atoms with van der Waals surface area (Å²) in [5.74, 6) is 0.636. The van der Waals surface area contributed by atoms with Crippen LogP contribution in [0.15, 0.2) is 18.5 Å². The Hall–Kier alpha value is -0.840. The molecule has 0 radical (unpaired) electrons. The maximum atomic E-state index is 11.9. The molecule has 1 atom stereocenters. The number of aryl methyl sites for hydroxylation is 1. The molecule has 0 aliphatic carbocycles. The normalized spacial score (nSPS) is 15.7. The van der Waals surface area contributed by atoms with Crippen LogP contribution in [0.3, 0.4) is 0 Å². The standard InChI is InChI=1S/C12H17N3O.2ClH/c1-8-5-13-4-3-11(8)15-12(16)9(2)10-6-14-7-10;;/h3-5,9-10,14H,6-7H2,1-2H3,(H,13,15,16);2*1H. The Balaban J connectivity index is 0.00000144. The molecule has 1 aromatic rings. The van der Waals surface area contributed by atoms with Crippen molar-refractivity contribution in [2.45, 2.75) is 13.8 Å². The van der Waals surface area contributed by atoms with Crippen LogP contribution in [0.25, 0.3) is 0 Å². The van der Waals surface area contributed by atoms with Crippen molar-refractivity contribution in [3.8, 4) is 0 Å². The third-order valence-electron chi connectivity index (χ3n) is 3.21. The van der Waals surface area contributed by atoms with Gasteiger partial charge in [-0.2, -0.15) is 0 Å². The van der Waals surface area contributed by atoms with E-state index in [1.807, 2.05) is 19.9 Å². The van der Waals surface area contributed by atoms with Gasteiger partial charge in [-0.15, -0.1) is 24.8 Å². The molecule has 1 fully saturated rings. The summed E-state index contributed by atoms with van der Waals surface area (Å²) in [6.07, 6.45) is 3.45. The van der Waals surface area contributed by atoms with Gasteiger partial charge in [-0.25, -0.2) is 0 Å². The van der Waals surface area contributed by atoms with Gasteiger partial charge in [-0.1, -0.05) is 6.92 Å². The molecule has 0 spiro atoms. The average molecular weight is 292 g/mol. The second-order valence-corrected chi connectivity index (χ2v) is 4.39. The second kappa shape index (κ2) is 7.56. The third-order valence-corrected chi connectivity index (χ3v) is 3.21. The van der Waals surface area contributed by atoms with Crippen LogP contribution < -0.4 is 10.6 Å². The third kappa shape index (κ3) is 3.83. The molecule has 1 unspecified atom stereocenters. The summed E-state index contributed by atoms with van der Waals surface area (Å²) in [4.78, 5) is 15.9. The molecule has 1 saturated heterocycles. The van der Waals surface area contributed by atoms with Crippen molar-refractivity contribution >= 4 is 36.4 Å². The number of nitrogens with one attached hydrogen (secondary N) is 2. The quantitative estimate of drug-likeness (QED) is 0.896. The number of aromatic nitrogens is 1. The van der Waals surface area contributed by atoms with Crippen molar-refractivity contribution in [2.75, 3.05) is 18.4 Å². The van der Waals surface area contributed by atoms with E-state index in [-0.39, 0.29) is 36.6 Å². The van der Waals surface area contributed by atoms with Gasteiger partial charge in [0.05, 0.1) is 0 Å². The lowest BCUT2D eigenvalue weighted by Gasteiger charge is -2.31. The lowest BCUT2D eigenvalue weighted by molar-refractivity contribution is -0.121. The maximum Gasteiger partial charge on any atom is 0.227 e. The van der Waals surface area contributed by atoms with Gasteiger partial charge < -0.3 is 10.6 Å². The van der Waals surface area contributed by atoms with Crippen molar-refractivity contribution < 1.29 is 4.79 Å². The predicted octanol–water partition coefficient (Wildman–Crippen LogP) is 2.03. The molecule has 1 aliphatic rings. The van der Waals surface area contributed by atoms with E-state index in [4.69, 9.17) is 0 Å². The number of amides is 1. The molecule has 6 heteroatoms. The smallest absolute Gasteiger partial charge is 0.227 e. The molecule has 2 rings (SSSR count). The Morgan fingerprint density at radius 2 is 2.17 bits per heavy atom. The van der Waals surface area contributed by atoms with E-state index >= 15 is 0 Å². The van der Waals surface area contributed by atoms with Gasteiger partial charge >= 0.3 is 0 Å². The number of hydrogen-bond donors (Lipinski definition) is 2. The van der Waals surface area contributed by atoms with E-state index in [1.165, 1.54) is 0 Å². The number of pyridine rings is 1. The van der Waals surface area contributed by atoms with Crippen LogP contribution in [0, 0.1) is 18.8 Å². The van der Waals surface area contributed by atoms with E-state index in [2.05, 4.69) is 15.6 Å². The van der Waals surface area contributed by atoms with Gasteiger partial charge in [0, 0.05) is 24.0 Å². The molecule has 0 bridgehead atoms. The molecule has 102 valence electrons. The van der Waals surface area contributed by atoms with E-state index in [1.54, 1.807) is 12.4 Å². The first-order valence-corrected chi connectivity index (χ1v) is 5.60. The summed E-state index contributed by atoms with van der Waals surface area (Å²) < 4.78 is 0. The highest BCUT2D eigenvalue weighted by molar-refractivity contribution is 5.93. The molecule has 2 heterocycles. The van der Waals surface area contributed by atoms with Gasteiger partial charge in [-0.3, -0.25) is 9.78 Å². The number of rotatable bonds is 3. The van der Waals surface area contributed by atoms with Crippen molar-refractivity contribution in [1.29, 1.82) is 0 Å². The summed E-state index contributed by atoms with van der Waals surface area (Å²) in [6, 6.07) is 1.83.